The SMILES string of the molecule is Cc1cccc(CC(C)(C)[Si](C)(C)O)c1. The molecule has 15 heavy (non-hydrogen) atoms. The molecule has 0 unspecified atom stereocenters. The minimum absolute atomic E-state index is 0.0286. The van der Waals surface area contributed by atoms with Crippen molar-refractivity contribution >= 4 is 8.32 Å². The lowest BCUT2D eigenvalue weighted by Crippen LogP contribution is -2.40. The largest absolute Gasteiger partial charge is 0.432 e. The van der Waals surface area contributed by atoms with E-state index in [-0.39, 0.29) is 5.04 Å². The van der Waals surface area contributed by atoms with Gasteiger partial charge in [-0.25, -0.2) is 0 Å². The molecule has 0 radical (unpaired) electrons. The molecule has 1 N–H and O–H groups in total. The second kappa shape index (κ2) is 4.10. The van der Waals surface area contributed by atoms with Crippen molar-refractivity contribution in [3.63, 3.8) is 0 Å². The molecule has 0 saturated heterocycles. The minimum Gasteiger partial charge on any atom is -0.432 e. The fraction of sp³-hybridized carbons (Fsp3) is 0.538. The van der Waals surface area contributed by atoms with Crippen LogP contribution in [0.25, 0.3) is 0 Å². The zero-order valence-electron chi connectivity index (χ0n) is 10.5. The van der Waals surface area contributed by atoms with Crippen LogP contribution >= 0.6 is 0 Å². The lowest BCUT2D eigenvalue weighted by molar-refractivity contribution is 0.467. The van der Waals surface area contributed by atoms with Crippen LogP contribution in [-0.2, 0) is 6.42 Å². The van der Waals surface area contributed by atoms with Crippen LogP contribution in [0.3, 0.4) is 0 Å². The Kier molecular flexibility index (Phi) is 3.41. The summed E-state index contributed by atoms with van der Waals surface area (Å²) < 4.78 is 0. The summed E-state index contributed by atoms with van der Waals surface area (Å²) in [5, 5.41) is 0.0286. The molecule has 0 fully saturated rings. The van der Waals surface area contributed by atoms with Gasteiger partial charge in [0.15, 0.2) is 8.32 Å². The third-order valence-corrected chi connectivity index (χ3v) is 6.87. The zero-order chi connectivity index (χ0) is 11.7. The average Bonchev–Trinajstić information content (AvgIpc) is 2.00. The summed E-state index contributed by atoms with van der Waals surface area (Å²) in [5.41, 5.74) is 2.62. The van der Waals surface area contributed by atoms with Crippen molar-refractivity contribution in [2.24, 2.45) is 0 Å². The predicted octanol–water partition coefficient (Wildman–Crippen LogP) is 3.52. The van der Waals surface area contributed by atoms with E-state index in [1.165, 1.54) is 11.1 Å². The van der Waals surface area contributed by atoms with Crippen molar-refractivity contribution in [2.75, 3.05) is 0 Å². The van der Waals surface area contributed by atoms with E-state index in [9.17, 15) is 4.80 Å². The van der Waals surface area contributed by atoms with Gasteiger partial charge in [0.25, 0.3) is 0 Å². The second-order valence-electron chi connectivity index (χ2n) is 5.61. The van der Waals surface area contributed by atoms with Crippen LogP contribution < -0.4 is 0 Å². The summed E-state index contributed by atoms with van der Waals surface area (Å²) in [4.78, 5) is 10.2. The molecule has 1 aromatic carbocycles. The first-order chi connectivity index (χ1) is 6.72. The molecule has 0 aromatic heterocycles. The van der Waals surface area contributed by atoms with E-state index >= 15 is 0 Å². The number of benzene rings is 1. The summed E-state index contributed by atoms with van der Waals surface area (Å²) in [5.74, 6) is 0. The maximum absolute atomic E-state index is 10.2. The van der Waals surface area contributed by atoms with Crippen LogP contribution in [0.2, 0.25) is 18.1 Å². The fourth-order valence-electron chi connectivity index (χ4n) is 1.55. The standard InChI is InChI=1S/C13H22OSi/c1-11-7-6-8-12(9-11)10-13(2,3)15(4,5)14/h6-9,14H,10H2,1-5H3. The molecule has 0 saturated carbocycles. The smallest absolute Gasteiger partial charge is 0.188 e. The van der Waals surface area contributed by atoms with E-state index in [0.717, 1.165) is 6.42 Å². The number of hydrogen-bond donors (Lipinski definition) is 1. The highest BCUT2D eigenvalue weighted by atomic mass is 28.4. The second-order valence-corrected chi connectivity index (χ2v) is 10.1. The summed E-state index contributed by atoms with van der Waals surface area (Å²) in [6.45, 7) is 10.5. The Labute approximate surface area is 94.3 Å². The number of rotatable bonds is 3. The highest BCUT2D eigenvalue weighted by Crippen LogP contribution is 2.38. The zero-order valence-corrected chi connectivity index (χ0v) is 11.5. The van der Waals surface area contributed by atoms with Crippen LogP contribution in [0.15, 0.2) is 24.3 Å². The van der Waals surface area contributed by atoms with Crippen molar-refractivity contribution in [2.45, 2.75) is 45.3 Å². The highest BCUT2D eigenvalue weighted by Gasteiger charge is 2.37. The van der Waals surface area contributed by atoms with E-state index in [0.29, 0.717) is 0 Å². The molecule has 84 valence electrons. The van der Waals surface area contributed by atoms with E-state index in [1.807, 2.05) is 13.1 Å². The third-order valence-electron chi connectivity index (χ3n) is 3.38. The van der Waals surface area contributed by atoms with Crippen molar-refractivity contribution in [1.82, 2.24) is 0 Å². The van der Waals surface area contributed by atoms with Gasteiger partial charge in [-0.05, 0) is 37.0 Å². The number of aryl methyl sites for hydroxylation is 1. The Bertz CT molecular complexity index is 337. The van der Waals surface area contributed by atoms with Crippen LogP contribution in [0.1, 0.15) is 25.0 Å². The Hall–Kier alpha value is -0.603. The van der Waals surface area contributed by atoms with Gasteiger partial charge in [-0.2, -0.15) is 0 Å². The van der Waals surface area contributed by atoms with Crippen LogP contribution in [0.5, 0.6) is 0 Å². The lowest BCUT2D eigenvalue weighted by Gasteiger charge is -2.35. The number of hydrogen-bond acceptors (Lipinski definition) is 1. The molecule has 0 bridgehead atoms. The van der Waals surface area contributed by atoms with Crippen LogP contribution in [-0.4, -0.2) is 13.1 Å². The van der Waals surface area contributed by atoms with Gasteiger partial charge in [0.1, 0.15) is 0 Å². The van der Waals surface area contributed by atoms with E-state index < -0.39 is 8.32 Å². The molecule has 1 rings (SSSR count). The molecule has 1 aromatic rings. The summed E-state index contributed by atoms with van der Waals surface area (Å²) >= 11 is 0. The summed E-state index contributed by atoms with van der Waals surface area (Å²) in [6, 6.07) is 8.56. The quantitative estimate of drug-likeness (QED) is 0.776. The molecule has 1 nitrogen and oxygen atoms in total. The highest BCUT2D eigenvalue weighted by molar-refractivity contribution is 6.72. The molecular weight excluding hydrogens is 200 g/mol. The molecule has 0 amide bonds. The van der Waals surface area contributed by atoms with Gasteiger partial charge < -0.3 is 4.80 Å². The minimum atomic E-state index is -2.09. The van der Waals surface area contributed by atoms with Gasteiger partial charge in [0.05, 0.1) is 0 Å². The van der Waals surface area contributed by atoms with Gasteiger partial charge in [-0.15, -0.1) is 0 Å². The molecule has 0 aliphatic rings. The van der Waals surface area contributed by atoms with Gasteiger partial charge in [0.2, 0.25) is 0 Å². The maximum atomic E-state index is 10.2. The molecule has 0 spiro atoms. The predicted molar refractivity (Wildman–Crippen MR) is 68.6 cm³/mol. The van der Waals surface area contributed by atoms with Crippen molar-refractivity contribution in [3.8, 4) is 0 Å². The molecular formula is C13H22OSi. The van der Waals surface area contributed by atoms with E-state index in [2.05, 4.69) is 45.0 Å². The summed E-state index contributed by atoms with van der Waals surface area (Å²) in [7, 11) is -2.09. The molecule has 0 heterocycles. The molecule has 0 aliphatic heterocycles. The Morgan fingerprint density at radius 3 is 2.33 bits per heavy atom. The molecule has 2 heteroatoms. The van der Waals surface area contributed by atoms with Crippen LogP contribution in [0.4, 0.5) is 0 Å². The first kappa shape index (κ1) is 12.5. The molecule has 0 atom stereocenters. The average molecular weight is 222 g/mol. The topological polar surface area (TPSA) is 20.2 Å². The van der Waals surface area contributed by atoms with Gasteiger partial charge >= 0.3 is 0 Å². The van der Waals surface area contributed by atoms with Gasteiger partial charge in [-0.1, -0.05) is 43.7 Å². The Morgan fingerprint density at radius 1 is 1.27 bits per heavy atom. The van der Waals surface area contributed by atoms with Gasteiger partial charge in [-0.3, -0.25) is 0 Å². The first-order valence-electron chi connectivity index (χ1n) is 5.50. The maximum Gasteiger partial charge on any atom is 0.188 e. The third kappa shape index (κ3) is 3.18. The van der Waals surface area contributed by atoms with Gasteiger partial charge in [0, 0.05) is 0 Å². The first-order valence-corrected chi connectivity index (χ1v) is 8.45. The summed E-state index contributed by atoms with van der Waals surface area (Å²) in [6.07, 6.45) is 0.963. The molecule has 0 aliphatic carbocycles. The Morgan fingerprint density at radius 2 is 1.87 bits per heavy atom. The van der Waals surface area contributed by atoms with Crippen molar-refractivity contribution < 1.29 is 4.80 Å². The van der Waals surface area contributed by atoms with Crippen molar-refractivity contribution in [3.05, 3.63) is 35.4 Å². The fourth-order valence-corrected chi connectivity index (χ4v) is 2.19. The van der Waals surface area contributed by atoms with Crippen LogP contribution in [0, 0.1) is 6.92 Å². The Balaban J connectivity index is 2.87. The monoisotopic (exact) mass is 222 g/mol. The van der Waals surface area contributed by atoms with Crippen molar-refractivity contribution in [1.29, 1.82) is 0 Å². The van der Waals surface area contributed by atoms with E-state index in [4.69, 9.17) is 0 Å². The van der Waals surface area contributed by atoms with E-state index in [1.54, 1.807) is 0 Å². The normalized spacial score (nSPS) is 12.9. The lowest BCUT2D eigenvalue weighted by atomic mass is 10.0.